The van der Waals surface area contributed by atoms with Crippen LogP contribution in [0.15, 0.2) is 48.5 Å². The van der Waals surface area contributed by atoms with E-state index in [0.717, 1.165) is 15.2 Å². The number of nitrogens with zero attached hydrogens (tertiary/aromatic N) is 2. The highest BCUT2D eigenvalue weighted by molar-refractivity contribution is 7.18. The molecule has 6 heteroatoms. The molecular weight excluding hydrogens is 334 g/mol. The van der Waals surface area contributed by atoms with Gasteiger partial charge in [-0.3, -0.25) is 9.69 Å². The Labute approximate surface area is 151 Å². The summed E-state index contributed by atoms with van der Waals surface area (Å²) >= 11 is 1.66. The Hall–Kier alpha value is -2.44. The van der Waals surface area contributed by atoms with Crippen LogP contribution in [0.3, 0.4) is 0 Å². The van der Waals surface area contributed by atoms with Gasteiger partial charge in [-0.25, -0.2) is 4.98 Å². The van der Waals surface area contributed by atoms with Crippen molar-refractivity contribution in [1.29, 1.82) is 0 Å². The Bertz CT molecular complexity index is 845. The summed E-state index contributed by atoms with van der Waals surface area (Å²) in [5.74, 6) is 0.574. The monoisotopic (exact) mass is 355 g/mol. The van der Waals surface area contributed by atoms with Gasteiger partial charge in [-0.05, 0) is 38.2 Å². The molecule has 0 bridgehead atoms. The number of nitrogens with one attached hydrogen (secondary N) is 1. The van der Waals surface area contributed by atoms with Crippen molar-refractivity contribution in [2.24, 2.45) is 0 Å². The van der Waals surface area contributed by atoms with Crippen LogP contribution >= 0.6 is 11.3 Å². The zero-order chi connectivity index (χ0) is 17.8. The molecule has 1 amide bonds. The van der Waals surface area contributed by atoms with Crippen molar-refractivity contribution in [2.45, 2.75) is 19.5 Å². The third-order valence-electron chi connectivity index (χ3n) is 4.13. The smallest absolute Gasteiger partial charge is 0.241 e. The zero-order valence-corrected chi connectivity index (χ0v) is 15.3. The molecule has 3 rings (SSSR count). The number of rotatable bonds is 6. The number of hydrogen-bond acceptors (Lipinski definition) is 5. The Balaban J connectivity index is 1.66. The predicted molar refractivity (Wildman–Crippen MR) is 102 cm³/mol. The SMILES string of the molecule is COc1ccccc1NC(=O)C(C)N(C)Cc1nc2ccccc2s1. The maximum Gasteiger partial charge on any atom is 0.241 e. The number of aromatic nitrogens is 1. The van der Waals surface area contributed by atoms with Gasteiger partial charge < -0.3 is 10.1 Å². The fourth-order valence-corrected chi connectivity index (χ4v) is 3.55. The second-order valence-corrected chi connectivity index (χ2v) is 6.97. The van der Waals surface area contributed by atoms with Crippen LogP contribution in [0.25, 0.3) is 10.2 Å². The first-order chi connectivity index (χ1) is 12.1. The van der Waals surface area contributed by atoms with Crippen LogP contribution in [0.5, 0.6) is 5.75 Å². The number of para-hydroxylation sites is 3. The van der Waals surface area contributed by atoms with Gasteiger partial charge in [0, 0.05) is 0 Å². The second kappa shape index (κ2) is 7.63. The van der Waals surface area contributed by atoms with E-state index in [-0.39, 0.29) is 11.9 Å². The number of methoxy groups -OCH3 is 1. The maximum atomic E-state index is 12.6. The molecule has 0 saturated carbocycles. The molecular formula is C19H21N3O2S. The van der Waals surface area contributed by atoms with E-state index in [0.29, 0.717) is 18.0 Å². The summed E-state index contributed by atoms with van der Waals surface area (Å²) in [6, 6.07) is 15.2. The van der Waals surface area contributed by atoms with Crippen LogP contribution < -0.4 is 10.1 Å². The summed E-state index contributed by atoms with van der Waals surface area (Å²) < 4.78 is 6.44. The van der Waals surface area contributed by atoms with Crippen molar-refractivity contribution < 1.29 is 9.53 Å². The number of thiazole rings is 1. The Morgan fingerprint density at radius 3 is 2.72 bits per heavy atom. The van der Waals surface area contributed by atoms with Gasteiger partial charge in [0.25, 0.3) is 0 Å². The molecule has 0 aliphatic carbocycles. The van der Waals surface area contributed by atoms with Crippen molar-refractivity contribution in [3.63, 3.8) is 0 Å². The number of benzene rings is 2. The molecule has 0 fully saturated rings. The van der Waals surface area contributed by atoms with E-state index in [1.165, 1.54) is 0 Å². The first kappa shape index (κ1) is 17.4. The number of hydrogen-bond donors (Lipinski definition) is 1. The van der Waals surface area contributed by atoms with Crippen molar-refractivity contribution in [1.82, 2.24) is 9.88 Å². The van der Waals surface area contributed by atoms with Crippen LogP contribution in [0, 0.1) is 0 Å². The molecule has 5 nitrogen and oxygen atoms in total. The lowest BCUT2D eigenvalue weighted by molar-refractivity contribution is -0.120. The fourth-order valence-electron chi connectivity index (χ4n) is 2.52. The molecule has 0 spiro atoms. The molecule has 1 atom stereocenters. The number of amides is 1. The van der Waals surface area contributed by atoms with E-state index >= 15 is 0 Å². The normalized spacial score (nSPS) is 12.3. The lowest BCUT2D eigenvalue weighted by Gasteiger charge is -2.23. The van der Waals surface area contributed by atoms with Gasteiger partial charge in [0.05, 0.1) is 35.6 Å². The molecule has 1 N–H and O–H groups in total. The molecule has 1 aromatic heterocycles. The molecule has 0 aliphatic heterocycles. The summed E-state index contributed by atoms with van der Waals surface area (Å²) in [5, 5.41) is 3.93. The second-order valence-electron chi connectivity index (χ2n) is 5.86. The van der Waals surface area contributed by atoms with Crippen LogP contribution in [-0.4, -0.2) is 36.0 Å². The molecule has 3 aromatic rings. The zero-order valence-electron chi connectivity index (χ0n) is 14.5. The number of fused-ring (bicyclic) bond motifs is 1. The van der Waals surface area contributed by atoms with E-state index in [2.05, 4.69) is 16.4 Å². The highest BCUT2D eigenvalue weighted by Crippen LogP contribution is 2.25. The van der Waals surface area contributed by atoms with E-state index in [9.17, 15) is 4.79 Å². The highest BCUT2D eigenvalue weighted by atomic mass is 32.1. The number of likely N-dealkylation sites (N-methyl/N-ethyl adjacent to an activating group) is 1. The summed E-state index contributed by atoms with van der Waals surface area (Å²) in [7, 11) is 3.52. The number of carbonyl (C=O) groups excluding carboxylic acids is 1. The van der Waals surface area contributed by atoms with E-state index in [4.69, 9.17) is 4.74 Å². The van der Waals surface area contributed by atoms with Gasteiger partial charge in [-0.2, -0.15) is 0 Å². The summed E-state index contributed by atoms with van der Waals surface area (Å²) in [6.45, 7) is 2.51. The van der Waals surface area contributed by atoms with Crippen molar-refractivity contribution in [3.05, 3.63) is 53.5 Å². The largest absolute Gasteiger partial charge is 0.495 e. The number of anilines is 1. The predicted octanol–water partition coefficient (Wildman–Crippen LogP) is 3.76. The molecule has 2 aromatic carbocycles. The quantitative estimate of drug-likeness (QED) is 0.731. The average Bonchev–Trinajstić information content (AvgIpc) is 3.03. The molecule has 130 valence electrons. The van der Waals surface area contributed by atoms with Crippen molar-refractivity contribution >= 4 is 33.1 Å². The van der Waals surface area contributed by atoms with Gasteiger partial charge in [0.1, 0.15) is 10.8 Å². The number of ether oxygens (including phenoxy) is 1. The van der Waals surface area contributed by atoms with Crippen molar-refractivity contribution in [3.8, 4) is 5.75 Å². The number of carbonyl (C=O) groups is 1. The standard InChI is InChI=1S/C19H21N3O2S/c1-13(19(23)21-14-8-4-6-10-16(14)24-3)22(2)12-18-20-15-9-5-7-11-17(15)25-18/h4-11,13H,12H2,1-3H3,(H,21,23). The highest BCUT2D eigenvalue weighted by Gasteiger charge is 2.20. The van der Waals surface area contributed by atoms with E-state index in [1.807, 2.05) is 61.3 Å². The average molecular weight is 355 g/mol. The first-order valence-corrected chi connectivity index (χ1v) is 8.88. The van der Waals surface area contributed by atoms with E-state index < -0.39 is 0 Å². The minimum atomic E-state index is -0.295. The Morgan fingerprint density at radius 1 is 1.24 bits per heavy atom. The minimum Gasteiger partial charge on any atom is -0.495 e. The van der Waals surface area contributed by atoms with Gasteiger partial charge in [0.2, 0.25) is 5.91 Å². The maximum absolute atomic E-state index is 12.6. The summed E-state index contributed by atoms with van der Waals surface area (Å²) in [4.78, 5) is 19.2. The van der Waals surface area contributed by atoms with Gasteiger partial charge >= 0.3 is 0 Å². The minimum absolute atomic E-state index is 0.0758. The molecule has 0 radical (unpaired) electrons. The molecule has 1 unspecified atom stereocenters. The molecule has 25 heavy (non-hydrogen) atoms. The van der Waals surface area contributed by atoms with E-state index in [1.54, 1.807) is 18.4 Å². The van der Waals surface area contributed by atoms with Crippen LogP contribution in [-0.2, 0) is 11.3 Å². The summed E-state index contributed by atoms with van der Waals surface area (Å²) in [5.41, 5.74) is 1.68. The van der Waals surface area contributed by atoms with Crippen LogP contribution in [0.1, 0.15) is 11.9 Å². The fraction of sp³-hybridized carbons (Fsp3) is 0.263. The van der Waals surface area contributed by atoms with Crippen LogP contribution in [0.4, 0.5) is 5.69 Å². The van der Waals surface area contributed by atoms with Crippen LogP contribution in [0.2, 0.25) is 0 Å². The van der Waals surface area contributed by atoms with Gasteiger partial charge in [0.15, 0.2) is 0 Å². The molecule has 0 saturated heterocycles. The lowest BCUT2D eigenvalue weighted by Crippen LogP contribution is -2.39. The third-order valence-corrected chi connectivity index (χ3v) is 5.15. The van der Waals surface area contributed by atoms with Gasteiger partial charge in [-0.15, -0.1) is 11.3 Å². The topological polar surface area (TPSA) is 54.5 Å². The summed E-state index contributed by atoms with van der Waals surface area (Å²) in [6.07, 6.45) is 0. The molecule has 0 aliphatic rings. The van der Waals surface area contributed by atoms with Crippen molar-refractivity contribution in [2.75, 3.05) is 19.5 Å². The Kier molecular flexibility index (Phi) is 5.31. The lowest BCUT2D eigenvalue weighted by atomic mass is 10.2. The molecule has 1 heterocycles. The van der Waals surface area contributed by atoms with Gasteiger partial charge in [-0.1, -0.05) is 24.3 Å². The Morgan fingerprint density at radius 2 is 1.96 bits per heavy atom. The third kappa shape index (κ3) is 3.97. The first-order valence-electron chi connectivity index (χ1n) is 8.07.